The number of nitrogens with zero attached hydrogens (tertiary/aromatic N) is 3. The fourth-order valence-electron chi connectivity index (χ4n) is 3.88. The summed E-state index contributed by atoms with van der Waals surface area (Å²) in [6.07, 6.45) is 7.37. The lowest BCUT2D eigenvalue weighted by Gasteiger charge is -2.33. The van der Waals surface area contributed by atoms with Crippen molar-refractivity contribution in [2.75, 3.05) is 37.6 Å². The topological polar surface area (TPSA) is 69.6 Å². The molecule has 2 N–H and O–H groups in total. The van der Waals surface area contributed by atoms with Crippen LogP contribution in [0.2, 0.25) is 0 Å². The number of aromatic nitrogens is 1. The van der Waals surface area contributed by atoms with Crippen molar-refractivity contribution >= 4 is 17.9 Å². The molecular formula is C26H28FN5O. The molecular weight excluding hydrogens is 417 g/mol. The Morgan fingerprint density at radius 3 is 2.91 bits per heavy atom. The van der Waals surface area contributed by atoms with Crippen LogP contribution in [0.5, 0.6) is 0 Å². The highest BCUT2D eigenvalue weighted by molar-refractivity contribution is 5.94. The first-order valence-electron chi connectivity index (χ1n) is 11.3. The average molecular weight is 446 g/mol. The zero-order chi connectivity index (χ0) is 23.0. The van der Waals surface area contributed by atoms with E-state index in [4.69, 9.17) is 0 Å². The van der Waals surface area contributed by atoms with Crippen molar-refractivity contribution in [1.82, 2.24) is 15.6 Å². The van der Waals surface area contributed by atoms with E-state index in [1.807, 2.05) is 6.21 Å². The first-order chi connectivity index (χ1) is 16.1. The van der Waals surface area contributed by atoms with Gasteiger partial charge in [0.25, 0.3) is 5.91 Å². The number of hydrogen-bond donors (Lipinski definition) is 2. The van der Waals surface area contributed by atoms with Crippen LogP contribution in [0.15, 0.2) is 53.2 Å². The number of carbonyl (C=O) groups excluding carboxylic acids is 1. The molecule has 0 spiro atoms. The highest BCUT2D eigenvalue weighted by atomic mass is 19.1. The summed E-state index contributed by atoms with van der Waals surface area (Å²) in [6, 6.07) is 8.19. The van der Waals surface area contributed by atoms with Crippen LogP contribution in [0, 0.1) is 17.7 Å². The minimum Gasteiger partial charge on any atom is -0.353 e. The number of benzene rings is 1. The molecule has 1 atom stereocenters. The lowest BCUT2D eigenvalue weighted by atomic mass is 10.1. The van der Waals surface area contributed by atoms with Crippen molar-refractivity contribution in [1.29, 1.82) is 0 Å². The van der Waals surface area contributed by atoms with Crippen molar-refractivity contribution < 1.29 is 9.18 Å². The Labute approximate surface area is 194 Å². The Balaban J connectivity index is 1.50. The molecule has 0 bridgehead atoms. The van der Waals surface area contributed by atoms with Crippen LogP contribution in [0.3, 0.4) is 0 Å². The molecule has 1 aromatic carbocycles. The monoisotopic (exact) mass is 445 g/mol. The molecule has 0 radical (unpaired) electrons. The number of anilines is 1. The molecule has 170 valence electrons. The summed E-state index contributed by atoms with van der Waals surface area (Å²) in [5.74, 6) is 6.54. The third-order valence-electron chi connectivity index (χ3n) is 5.63. The van der Waals surface area contributed by atoms with Crippen molar-refractivity contribution in [2.45, 2.75) is 25.8 Å². The molecule has 3 heterocycles. The summed E-state index contributed by atoms with van der Waals surface area (Å²) in [7, 11) is 0. The van der Waals surface area contributed by atoms with E-state index in [9.17, 15) is 9.18 Å². The number of hydrogen-bond acceptors (Lipinski definition) is 5. The molecule has 33 heavy (non-hydrogen) atoms. The van der Waals surface area contributed by atoms with Crippen LogP contribution in [-0.4, -0.2) is 55.9 Å². The van der Waals surface area contributed by atoms with Crippen molar-refractivity contribution in [3.05, 3.63) is 70.7 Å². The summed E-state index contributed by atoms with van der Waals surface area (Å²) >= 11 is 0. The van der Waals surface area contributed by atoms with Gasteiger partial charge in [-0.2, -0.15) is 0 Å². The van der Waals surface area contributed by atoms with Gasteiger partial charge in [0.15, 0.2) is 0 Å². The fraction of sp³-hybridized carbons (Fsp3) is 0.346. The molecule has 2 aliphatic rings. The van der Waals surface area contributed by atoms with Crippen molar-refractivity contribution in [3.8, 4) is 11.8 Å². The molecule has 0 aliphatic carbocycles. The number of carbonyl (C=O) groups is 1. The Bertz CT molecular complexity index is 1110. The summed E-state index contributed by atoms with van der Waals surface area (Å²) in [5, 5.41) is 6.40. The molecule has 6 nitrogen and oxygen atoms in total. The number of allylic oxidation sites excluding steroid dienone is 1. The third kappa shape index (κ3) is 6.27. The quantitative estimate of drug-likeness (QED) is 0.530. The number of halogens is 1. The predicted molar refractivity (Wildman–Crippen MR) is 129 cm³/mol. The van der Waals surface area contributed by atoms with E-state index in [-0.39, 0.29) is 11.7 Å². The Morgan fingerprint density at radius 1 is 1.30 bits per heavy atom. The predicted octanol–water partition coefficient (Wildman–Crippen LogP) is 2.94. The van der Waals surface area contributed by atoms with Crippen LogP contribution in [0.1, 0.15) is 41.3 Å². The second kappa shape index (κ2) is 10.9. The zero-order valence-corrected chi connectivity index (χ0v) is 18.8. The summed E-state index contributed by atoms with van der Waals surface area (Å²) in [6.45, 7) is 5.95. The average Bonchev–Trinajstić information content (AvgIpc) is 3.35. The van der Waals surface area contributed by atoms with Gasteiger partial charge in [0.2, 0.25) is 0 Å². The number of rotatable bonds is 6. The van der Waals surface area contributed by atoms with E-state index >= 15 is 0 Å². The van der Waals surface area contributed by atoms with E-state index < -0.39 is 0 Å². The van der Waals surface area contributed by atoms with E-state index in [2.05, 4.69) is 50.4 Å². The maximum Gasteiger partial charge on any atom is 0.252 e. The van der Waals surface area contributed by atoms with Crippen LogP contribution in [0.4, 0.5) is 10.2 Å². The second-order valence-corrected chi connectivity index (χ2v) is 8.29. The van der Waals surface area contributed by atoms with Gasteiger partial charge in [-0.25, -0.2) is 9.37 Å². The largest absolute Gasteiger partial charge is 0.353 e. The van der Waals surface area contributed by atoms with Gasteiger partial charge in [0.1, 0.15) is 11.6 Å². The number of amides is 1. The first kappa shape index (κ1) is 22.7. The van der Waals surface area contributed by atoms with Crippen LogP contribution in [0.25, 0.3) is 0 Å². The molecule has 1 fully saturated rings. The van der Waals surface area contributed by atoms with Gasteiger partial charge in [-0.15, -0.1) is 0 Å². The SMILES string of the molecule is CC1CN(c2ncc(C(=O)NCCCC3=CCN=C3)cc2C#Cc2ccc(F)cc2)CCN1. The lowest BCUT2D eigenvalue weighted by molar-refractivity contribution is 0.0953. The van der Waals surface area contributed by atoms with Gasteiger partial charge >= 0.3 is 0 Å². The van der Waals surface area contributed by atoms with Gasteiger partial charge in [0, 0.05) is 50.2 Å². The van der Waals surface area contributed by atoms with Gasteiger partial charge in [-0.3, -0.25) is 9.79 Å². The standard InChI is InChI=1S/C26H28FN5O/c1-19-18-32(14-13-29-19)25-22(7-4-20-5-8-24(27)9-6-20)15-23(17-31-25)26(33)30-11-2-3-21-10-12-28-16-21/h5-6,8-10,15-17,19,29H,2-3,11-14,18H2,1H3,(H,30,33). The number of nitrogens with one attached hydrogen (secondary N) is 2. The minimum absolute atomic E-state index is 0.165. The molecule has 1 aromatic heterocycles. The number of piperazine rings is 1. The highest BCUT2D eigenvalue weighted by Gasteiger charge is 2.20. The van der Waals surface area contributed by atoms with Crippen molar-refractivity contribution in [3.63, 3.8) is 0 Å². The third-order valence-corrected chi connectivity index (χ3v) is 5.63. The molecule has 0 saturated carbocycles. The Hall–Kier alpha value is -3.50. The van der Waals surface area contributed by atoms with Gasteiger partial charge in [-0.1, -0.05) is 17.9 Å². The molecule has 2 aliphatic heterocycles. The molecule has 1 unspecified atom stereocenters. The van der Waals surface area contributed by atoms with Gasteiger partial charge < -0.3 is 15.5 Å². The molecule has 7 heteroatoms. The van der Waals surface area contributed by atoms with Gasteiger partial charge in [-0.05, 0) is 55.7 Å². The highest BCUT2D eigenvalue weighted by Crippen LogP contribution is 2.20. The van der Waals surface area contributed by atoms with Crippen LogP contribution in [-0.2, 0) is 0 Å². The lowest BCUT2D eigenvalue weighted by Crippen LogP contribution is -2.49. The van der Waals surface area contributed by atoms with Crippen LogP contribution >= 0.6 is 0 Å². The Morgan fingerprint density at radius 2 is 2.15 bits per heavy atom. The maximum atomic E-state index is 13.2. The normalized spacial score (nSPS) is 17.3. The first-order valence-corrected chi connectivity index (χ1v) is 11.3. The maximum absolute atomic E-state index is 13.2. The molecule has 4 rings (SSSR count). The minimum atomic E-state index is -0.298. The van der Waals surface area contributed by atoms with E-state index in [0.717, 1.165) is 44.8 Å². The van der Waals surface area contributed by atoms with E-state index in [0.29, 0.717) is 29.3 Å². The fourth-order valence-corrected chi connectivity index (χ4v) is 3.88. The summed E-state index contributed by atoms with van der Waals surface area (Å²) in [5.41, 5.74) is 3.09. The summed E-state index contributed by atoms with van der Waals surface area (Å²) < 4.78 is 13.2. The van der Waals surface area contributed by atoms with Crippen molar-refractivity contribution in [2.24, 2.45) is 4.99 Å². The summed E-state index contributed by atoms with van der Waals surface area (Å²) in [4.78, 5) is 23.7. The molecule has 1 saturated heterocycles. The number of pyridine rings is 1. The van der Waals surface area contributed by atoms with Gasteiger partial charge in [0.05, 0.1) is 17.7 Å². The van der Waals surface area contributed by atoms with E-state index in [1.165, 1.54) is 17.7 Å². The number of aliphatic imine (C=N–C) groups is 1. The second-order valence-electron chi connectivity index (χ2n) is 8.29. The van der Waals surface area contributed by atoms with E-state index in [1.54, 1.807) is 24.4 Å². The van der Waals surface area contributed by atoms with Crippen LogP contribution < -0.4 is 15.5 Å². The zero-order valence-electron chi connectivity index (χ0n) is 18.8. The molecule has 1 amide bonds. The molecule has 2 aromatic rings. The smallest absolute Gasteiger partial charge is 0.252 e. The Kier molecular flexibility index (Phi) is 7.48.